The van der Waals surface area contributed by atoms with E-state index in [2.05, 4.69) is 10.1 Å². The van der Waals surface area contributed by atoms with Crippen molar-refractivity contribution >= 4 is 22.5 Å². The summed E-state index contributed by atoms with van der Waals surface area (Å²) in [6.45, 7) is 0.652. The largest absolute Gasteiger partial charge is 0.467 e. The second-order valence-corrected chi connectivity index (χ2v) is 6.46. The molecule has 0 saturated carbocycles. The fourth-order valence-corrected chi connectivity index (χ4v) is 3.77. The molecule has 0 bridgehead atoms. The summed E-state index contributed by atoms with van der Waals surface area (Å²) in [5.74, 6) is 0.635. The van der Waals surface area contributed by atoms with Gasteiger partial charge in [0.1, 0.15) is 17.0 Å². The van der Waals surface area contributed by atoms with E-state index >= 15 is 0 Å². The fraction of sp³-hybridized carbons (Fsp3) is 0.211. The summed E-state index contributed by atoms with van der Waals surface area (Å²) in [4.78, 5) is 30.2. The molecule has 1 aliphatic heterocycles. The van der Waals surface area contributed by atoms with Crippen molar-refractivity contribution in [1.82, 2.24) is 19.5 Å². The van der Waals surface area contributed by atoms with E-state index in [1.807, 2.05) is 24.3 Å². The number of hydrogen-bond acceptors (Lipinski definition) is 4. The number of likely N-dealkylation sites (tertiary alicyclic amines) is 1. The van der Waals surface area contributed by atoms with Gasteiger partial charge in [0.25, 0.3) is 11.5 Å². The summed E-state index contributed by atoms with van der Waals surface area (Å²) in [7, 11) is 0. The number of fused-ring (bicyclic) bond motifs is 3. The van der Waals surface area contributed by atoms with Gasteiger partial charge in [-0.1, -0.05) is 12.1 Å². The highest BCUT2D eigenvalue weighted by Gasteiger charge is 2.33. The van der Waals surface area contributed by atoms with Crippen LogP contribution in [0.3, 0.4) is 0 Å². The molecule has 7 nitrogen and oxygen atoms in total. The summed E-state index contributed by atoms with van der Waals surface area (Å²) >= 11 is 0. The molecule has 130 valence electrons. The van der Waals surface area contributed by atoms with Crippen LogP contribution in [-0.2, 0) is 0 Å². The standard InChI is InChI=1S/C19H16N4O3/c24-18-12-5-1-2-6-14(12)23-17(21-18)13(11-20-23)19(25)22-9-3-7-15(22)16-8-4-10-26-16/h1-2,4-6,8,10-11,15H,3,7,9H2,(H,21,24). The number of carbonyl (C=O) groups excluding carboxylic acids is 1. The van der Waals surface area contributed by atoms with Crippen LogP contribution in [-0.4, -0.2) is 31.9 Å². The van der Waals surface area contributed by atoms with Crippen LogP contribution in [0.5, 0.6) is 0 Å². The molecule has 1 atom stereocenters. The number of aromatic amines is 1. The van der Waals surface area contributed by atoms with Crippen molar-refractivity contribution in [2.45, 2.75) is 18.9 Å². The van der Waals surface area contributed by atoms with Crippen LogP contribution in [0.4, 0.5) is 0 Å². The lowest BCUT2D eigenvalue weighted by molar-refractivity contribution is 0.0721. The molecule has 1 fully saturated rings. The highest BCUT2D eigenvalue weighted by Crippen LogP contribution is 2.33. The molecule has 0 aliphatic carbocycles. The topological polar surface area (TPSA) is 83.6 Å². The first-order valence-corrected chi connectivity index (χ1v) is 8.57. The number of nitrogens with zero attached hydrogens (tertiary/aromatic N) is 3. The maximum atomic E-state index is 13.2. The first-order chi connectivity index (χ1) is 12.7. The molecule has 0 spiro atoms. The molecule has 0 radical (unpaired) electrons. The SMILES string of the molecule is O=C(c1cnn2c1[nH]c(=O)c1ccccc12)N1CCCC1c1ccco1. The highest BCUT2D eigenvalue weighted by atomic mass is 16.3. The van der Waals surface area contributed by atoms with Crippen LogP contribution in [0.25, 0.3) is 16.6 Å². The Morgan fingerprint density at radius 2 is 2.12 bits per heavy atom. The normalized spacial score (nSPS) is 17.4. The van der Waals surface area contributed by atoms with Gasteiger partial charge in [-0.2, -0.15) is 5.10 Å². The average Bonchev–Trinajstić information content (AvgIpc) is 3.40. The number of benzene rings is 1. The van der Waals surface area contributed by atoms with Gasteiger partial charge in [-0.3, -0.25) is 9.59 Å². The molecule has 7 heteroatoms. The van der Waals surface area contributed by atoms with Gasteiger partial charge in [0.15, 0.2) is 0 Å². The van der Waals surface area contributed by atoms with Crippen LogP contribution in [0.2, 0.25) is 0 Å². The third-order valence-electron chi connectivity index (χ3n) is 4.99. The Bertz CT molecular complexity index is 1170. The minimum atomic E-state index is -0.230. The number of carbonyl (C=O) groups is 1. The maximum absolute atomic E-state index is 13.2. The lowest BCUT2D eigenvalue weighted by atomic mass is 10.1. The summed E-state index contributed by atoms with van der Waals surface area (Å²) < 4.78 is 7.12. The zero-order valence-electron chi connectivity index (χ0n) is 13.9. The Morgan fingerprint density at radius 3 is 2.96 bits per heavy atom. The van der Waals surface area contributed by atoms with Crippen LogP contribution in [0, 0.1) is 0 Å². The molecular weight excluding hydrogens is 332 g/mol. The summed E-state index contributed by atoms with van der Waals surface area (Å²) in [6, 6.07) is 10.8. The van der Waals surface area contributed by atoms with Crippen LogP contribution in [0.15, 0.2) is 58.1 Å². The van der Waals surface area contributed by atoms with Crippen molar-refractivity contribution in [3.05, 3.63) is 70.5 Å². The van der Waals surface area contributed by atoms with E-state index in [1.54, 1.807) is 27.8 Å². The van der Waals surface area contributed by atoms with Crippen molar-refractivity contribution < 1.29 is 9.21 Å². The molecular formula is C19H16N4O3. The molecule has 26 heavy (non-hydrogen) atoms. The molecule has 5 rings (SSSR count). The van der Waals surface area contributed by atoms with Gasteiger partial charge in [-0.25, -0.2) is 4.52 Å². The molecule has 1 amide bonds. The highest BCUT2D eigenvalue weighted by molar-refractivity contribution is 6.01. The zero-order valence-corrected chi connectivity index (χ0v) is 13.9. The zero-order chi connectivity index (χ0) is 17.7. The number of nitrogens with one attached hydrogen (secondary N) is 1. The fourth-order valence-electron chi connectivity index (χ4n) is 3.77. The lowest BCUT2D eigenvalue weighted by Crippen LogP contribution is -2.30. The van der Waals surface area contributed by atoms with E-state index in [4.69, 9.17) is 4.42 Å². The minimum Gasteiger partial charge on any atom is -0.467 e. The maximum Gasteiger partial charge on any atom is 0.259 e. The molecule has 4 aromatic rings. The molecule has 3 aromatic heterocycles. The van der Waals surface area contributed by atoms with E-state index in [0.717, 1.165) is 18.6 Å². The van der Waals surface area contributed by atoms with Crippen molar-refractivity contribution in [1.29, 1.82) is 0 Å². The van der Waals surface area contributed by atoms with Gasteiger partial charge in [0, 0.05) is 6.54 Å². The second-order valence-electron chi connectivity index (χ2n) is 6.46. The summed E-state index contributed by atoms with van der Waals surface area (Å²) in [5.41, 5.74) is 1.26. The predicted molar refractivity (Wildman–Crippen MR) is 95.0 cm³/mol. The Morgan fingerprint density at radius 1 is 1.23 bits per heavy atom. The smallest absolute Gasteiger partial charge is 0.259 e. The van der Waals surface area contributed by atoms with E-state index < -0.39 is 0 Å². The predicted octanol–water partition coefficient (Wildman–Crippen LogP) is 2.75. The van der Waals surface area contributed by atoms with Gasteiger partial charge >= 0.3 is 0 Å². The van der Waals surface area contributed by atoms with Gasteiger partial charge in [0.2, 0.25) is 0 Å². The summed E-state index contributed by atoms with van der Waals surface area (Å²) in [5, 5.41) is 4.88. The number of rotatable bonds is 2. The third kappa shape index (κ3) is 2.10. The quantitative estimate of drug-likeness (QED) is 0.604. The van der Waals surface area contributed by atoms with Crippen LogP contribution < -0.4 is 5.56 Å². The number of furan rings is 1. The van der Waals surface area contributed by atoms with Gasteiger partial charge in [-0.05, 0) is 37.1 Å². The van der Waals surface area contributed by atoms with Crippen LogP contribution in [0.1, 0.15) is 35.0 Å². The Kier molecular flexibility index (Phi) is 3.21. The van der Waals surface area contributed by atoms with E-state index in [9.17, 15) is 9.59 Å². The van der Waals surface area contributed by atoms with Crippen molar-refractivity contribution in [2.24, 2.45) is 0 Å². The minimum absolute atomic E-state index is 0.0837. The van der Waals surface area contributed by atoms with E-state index in [-0.39, 0.29) is 17.5 Å². The molecule has 1 aliphatic rings. The van der Waals surface area contributed by atoms with Crippen molar-refractivity contribution in [3.8, 4) is 0 Å². The number of amides is 1. The molecule has 1 aromatic carbocycles. The van der Waals surface area contributed by atoms with E-state index in [0.29, 0.717) is 28.7 Å². The second kappa shape index (κ2) is 5.59. The monoisotopic (exact) mass is 348 g/mol. The number of para-hydroxylation sites is 1. The van der Waals surface area contributed by atoms with Crippen molar-refractivity contribution in [3.63, 3.8) is 0 Å². The van der Waals surface area contributed by atoms with Gasteiger partial charge < -0.3 is 14.3 Å². The van der Waals surface area contributed by atoms with Gasteiger partial charge in [-0.15, -0.1) is 0 Å². The molecule has 1 N–H and O–H groups in total. The van der Waals surface area contributed by atoms with Crippen molar-refractivity contribution in [2.75, 3.05) is 6.54 Å². The molecule has 4 heterocycles. The first-order valence-electron chi connectivity index (χ1n) is 8.57. The molecule has 1 unspecified atom stereocenters. The Balaban J connectivity index is 1.63. The molecule has 1 saturated heterocycles. The average molecular weight is 348 g/mol. The lowest BCUT2D eigenvalue weighted by Gasteiger charge is -2.22. The van der Waals surface area contributed by atoms with Gasteiger partial charge in [0.05, 0.1) is 29.4 Å². The summed E-state index contributed by atoms with van der Waals surface area (Å²) in [6.07, 6.45) is 4.92. The van der Waals surface area contributed by atoms with Crippen LogP contribution >= 0.6 is 0 Å². The van der Waals surface area contributed by atoms with E-state index in [1.165, 1.54) is 6.20 Å². The Hall–Kier alpha value is -3.35. The number of aromatic nitrogens is 3. The number of hydrogen-bond donors (Lipinski definition) is 1. The number of H-pyrrole nitrogens is 1. The Labute approximate surface area is 147 Å². The first kappa shape index (κ1) is 14.9. The third-order valence-corrected chi connectivity index (χ3v) is 4.99.